The molecular weight excluding hydrogens is 221 g/mol. The Morgan fingerprint density at radius 3 is 2.53 bits per heavy atom. The van der Waals surface area contributed by atoms with Crippen molar-refractivity contribution in [2.24, 2.45) is 0 Å². The topological polar surface area (TPSA) is 37.4 Å². The molecule has 1 heterocycles. The minimum Gasteiger partial charge on any atom is -0.338 e. The van der Waals surface area contributed by atoms with Gasteiger partial charge in [-0.25, -0.2) is 4.39 Å². The molecule has 1 fully saturated rings. The Morgan fingerprint density at radius 2 is 1.94 bits per heavy atom. The molecule has 0 aromatic heterocycles. The lowest BCUT2D eigenvalue weighted by atomic mass is 10.1. The van der Waals surface area contributed by atoms with Crippen molar-refractivity contribution in [3.05, 3.63) is 35.1 Å². The Balaban J connectivity index is 2.14. The summed E-state index contributed by atoms with van der Waals surface area (Å²) < 4.78 is 13.3. The van der Waals surface area contributed by atoms with E-state index in [1.54, 1.807) is 24.0 Å². The van der Waals surface area contributed by atoms with E-state index >= 15 is 0 Å². The highest BCUT2D eigenvalue weighted by Crippen LogP contribution is 2.14. The molecule has 1 saturated heterocycles. The van der Waals surface area contributed by atoms with Crippen molar-refractivity contribution < 1.29 is 14.0 Å². The molecule has 0 atom stereocenters. The third-order valence-corrected chi connectivity index (χ3v) is 3.03. The van der Waals surface area contributed by atoms with Crippen molar-refractivity contribution in [3.8, 4) is 0 Å². The number of amides is 1. The van der Waals surface area contributed by atoms with Crippen LogP contribution in [0.2, 0.25) is 0 Å². The summed E-state index contributed by atoms with van der Waals surface area (Å²) in [6, 6.07) is 4.48. The fourth-order valence-electron chi connectivity index (χ4n) is 1.87. The Morgan fingerprint density at radius 1 is 1.29 bits per heavy atom. The number of halogens is 1. The average Bonchev–Trinajstić information content (AvgIpc) is 2.33. The first-order valence-corrected chi connectivity index (χ1v) is 5.65. The SMILES string of the molecule is Cc1ccc(C(=O)N2CCC(=O)CC2)cc1F. The Hall–Kier alpha value is -1.71. The van der Waals surface area contributed by atoms with Gasteiger partial charge in [0, 0.05) is 31.5 Å². The van der Waals surface area contributed by atoms with Crippen molar-refractivity contribution in [2.45, 2.75) is 19.8 Å². The molecule has 0 N–H and O–H groups in total. The number of carbonyl (C=O) groups excluding carboxylic acids is 2. The van der Waals surface area contributed by atoms with E-state index in [4.69, 9.17) is 0 Å². The van der Waals surface area contributed by atoms with Crippen LogP contribution in [-0.4, -0.2) is 29.7 Å². The van der Waals surface area contributed by atoms with E-state index in [1.807, 2.05) is 0 Å². The molecule has 1 aliphatic rings. The summed E-state index contributed by atoms with van der Waals surface area (Å²) in [5.74, 6) is -0.385. The third-order valence-electron chi connectivity index (χ3n) is 3.03. The molecule has 0 saturated carbocycles. The van der Waals surface area contributed by atoms with Crippen molar-refractivity contribution >= 4 is 11.7 Å². The summed E-state index contributed by atoms with van der Waals surface area (Å²) in [6.45, 7) is 2.53. The standard InChI is InChI=1S/C13H14FNO2/c1-9-2-3-10(8-12(9)14)13(17)15-6-4-11(16)5-7-15/h2-3,8H,4-7H2,1H3. The van der Waals surface area contributed by atoms with Crippen molar-refractivity contribution in [2.75, 3.05) is 13.1 Å². The average molecular weight is 235 g/mol. The number of benzene rings is 1. The summed E-state index contributed by atoms with van der Waals surface area (Å²) in [7, 11) is 0. The quantitative estimate of drug-likeness (QED) is 0.746. The van der Waals surface area contributed by atoms with Gasteiger partial charge in [0.25, 0.3) is 5.91 Å². The molecule has 1 aromatic carbocycles. The van der Waals surface area contributed by atoms with Crippen molar-refractivity contribution in [1.29, 1.82) is 0 Å². The van der Waals surface area contributed by atoms with Gasteiger partial charge in [0.1, 0.15) is 11.6 Å². The molecule has 1 aliphatic heterocycles. The van der Waals surface area contributed by atoms with E-state index < -0.39 is 0 Å². The Bertz CT molecular complexity index is 460. The van der Waals surface area contributed by atoms with Crippen LogP contribution in [0.25, 0.3) is 0 Å². The molecule has 90 valence electrons. The van der Waals surface area contributed by atoms with E-state index in [9.17, 15) is 14.0 Å². The van der Waals surface area contributed by atoms with Crippen LogP contribution < -0.4 is 0 Å². The van der Waals surface area contributed by atoms with E-state index in [0.717, 1.165) is 0 Å². The molecule has 2 rings (SSSR count). The zero-order valence-electron chi connectivity index (χ0n) is 9.70. The van der Waals surface area contributed by atoms with Crippen LogP contribution in [0.3, 0.4) is 0 Å². The fraction of sp³-hybridized carbons (Fsp3) is 0.385. The minimum atomic E-state index is -0.371. The smallest absolute Gasteiger partial charge is 0.253 e. The second kappa shape index (κ2) is 4.65. The van der Waals surface area contributed by atoms with Gasteiger partial charge in [-0.2, -0.15) is 0 Å². The number of rotatable bonds is 1. The molecule has 0 spiro atoms. The summed E-state index contributed by atoms with van der Waals surface area (Å²) in [4.78, 5) is 24.7. The highest BCUT2D eigenvalue weighted by atomic mass is 19.1. The predicted octanol–water partition coefficient (Wildman–Crippen LogP) is 1.94. The number of Topliss-reactive ketones (excluding diaryl/α,β-unsaturated/α-hetero) is 1. The van der Waals surface area contributed by atoms with Gasteiger partial charge >= 0.3 is 0 Å². The second-order valence-corrected chi connectivity index (χ2v) is 4.29. The number of likely N-dealkylation sites (tertiary alicyclic amines) is 1. The first-order valence-electron chi connectivity index (χ1n) is 5.65. The van der Waals surface area contributed by atoms with Crippen LogP contribution in [0.15, 0.2) is 18.2 Å². The van der Waals surface area contributed by atoms with Gasteiger partial charge in [-0.3, -0.25) is 9.59 Å². The van der Waals surface area contributed by atoms with Crippen LogP contribution in [0.4, 0.5) is 4.39 Å². The Kier molecular flexibility index (Phi) is 3.22. The normalized spacial score (nSPS) is 16.1. The van der Waals surface area contributed by atoms with Crippen LogP contribution >= 0.6 is 0 Å². The van der Waals surface area contributed by atoms with E-state index in [1.165, 1.54) is 6.07 Å². The monoisotopic (exact) mass is 235 g/mol. The maximum atomic E-state index is 13.3. The van der Waals surface area contributed by atoms with Gasteiger partial charge in [0.2, 0.25) is 0 Å². The van der Waals surface area contributed by atoms with Gasteiger partial charge in [0.15, 0.2) is 0 Å². The van der Waals surface area contributed by atoms with Crippen LogP contribution in [-0.2, 0) is 4.79 Å². The summed E-state index contributed by atoms with van der Waals surface area (Å²) in [6.07, 6.45) is 0.806. The van der Waals surface area contributed by atoms with E-state index in [2.05, 4.69) is 0 Å². The predicted molar refractivity (Wildman–Crippen MR) is 61.3 cm³/mol. The van der Waals surface area contributed by atoms with Gasteiger partial charge in [-0.15, -0.1) is 0 Å². The maximum absolute atomic E-state index is 13.3. The number of ketones is 1. The number of carbonyl (C=O) groups is 2. The maximum Gasteiger partial charge on any atom is 0.253 e. The molecule has 3 nitrogen and oxygen atoms in total. The molecule has 17 heavy (non-hydrogen) atoms. The zero-order chi connectivity index (χ0) is 12.4. The minimum absolute atomic E-state index is 0.184. The molecular formula is C13H14FNO2. The summed E-state index contributed by atoms with van der Waals surface area (Å²) in [5, 5.41) is 0. The number of hydrogen-bond acceptors (Lipinski definition) is 2. The molecule has 1 aromatic rings. The van der Waals surface area contributed by atoms with Crippen LogP contribution in [0, 0.1) is 12.7 Å². The fourth-order valence-corrected chi connectivity index (χ4v) is 1.87. The van der Waals surface area contributed by atoms with Crippen molar-refractivity contribution in [3.63, 3.8) is 0 Å². The van der Waals surface area contributed by atoms with E-state index in [0.29, 0.717) is 37.1 Å². The van der Waals surface area contributed by atoms with Crippen LogP contribution in [0.5, 0.6) is 0 Å². The lowest BCUT2D eigenvalue weighted by Gasteiger charge is -2.26. The van der Waals surface area contributed by atoms with Gasteiger partial charge in [-0.05, 0) is 24.6 Å². The van der Waals surface area contributed by atoms with Gasteiger partial charge in [-0.1, -0.05) is 6.07 Å². The highest BCUT2D eigenvalue weighted by molar-refractivity contribution is 5.95. The largest absolute Gasteiger partial charge is 0.338 e. The number of hydrogen-bond donors (Lipinski definition) is 0. The molecule has 0 bridgehead atoms. The molecule has 0 aliphatic carbocycles. The first kappa shape index (κ1) is 11.8. The van der Waals surface area contributed by atoms with E-state index in [-0.39, 0.29) is 17.5 Å². The first-order chi connectivity index (χ1) is 8.08. The summed E-state index contributed by atoms with van der Waals surface area (Å²) >= 11 is 0. The van der Waals surface area contributed by atoms with Crippen LogP contribution in [0.1, 0.15) is 28.8 Å². The lowest BCUT2D eigenvalue weighted by Crippen LogP contribution is -2.38. The zero-order valence-corrected chi connectivity index (χ0v) is 9.70. The van der Waals surface area contributed by atoms with Gasteiger partial charge < -0.3 is 4.90 Å². The van der Waals surface area contributed by atoms with Crippen molar-refractivity contribution in [1.82, 2.24) is 4.90 Å². The third kappa shape index (κ3) is 2.52. The second-order valence-electron chi connectivity index (χ2n) is 4.29. The molecule has 0 radical (unpaired) electrons. The molecule has 1 amide bonds. The highest BCUT2D eigenvalue weighted by Gasteiger charge is 2.22. The Labute approximate surface area is 99.2 Å². The lowest BCUT2D eigenvalue weighted by molar-refractivity contribution is -0.120. The number of nitrogens with zero attached hydrogens (tertiary/aromatic N) is 1. The molecule has 0 unspecified atom stereocenters. The number of piperidine rings is 1. The number of aryl methyl sites for hydroxylation is 1. The summed E-state index contributed by atoms with van der Waals surface area (Å²) in [5.41, 5.74) is 0.873. The van der Waals surface area contributed by atoms with Gasteiger partial charge in [0.05, 0.1) is 0 Å². The molecule has 4 heteroatoms.